The van der Waals surface area contributed by atoms with Crippen molar-refractivity contribution >= 4 is 27.3 Å². The van der Waals surface area contributed by atoms with Crippen LogP contribution in [0.5, 0.6) is 0 Å². The molecule has 0 aliphatic rings. The van der Waals surface area contributed by atoms with Gasteiger partial charge in [0, 0.05) is 36.3 Å². The predicted molar refractivity (Wildman–Crippen MR) is 84.8 cm³/mol. The third-order valence-corrected chi connectivity index (χ3v) is 5.47. The molecule has 0 saturated carbocycles. The van der Waals surface area contributed by atoms with Crippen molar-refractivity contribution in [2.24, 2.45) is 0 Å². The summed E-state index contributed by atoms with van der Waals surface area (Å²) >= 11 is 5.41. The maximum atomic E-state index is 4.49. The van der Waals surface area contributed by atoms with Crippen molar-refractivity contribution in [3.05, 3.63) is 38.5 Å². The van der Waals surface area contributed by atoms with Gasteiger partial charge in [-0.1, -0.05) is 6.92 Å². The van der Waals surface area contributed by atoms with Crippen LogP contribution in [0.25, 0.3) is 0 Å². The number of nitrogens with one attached hydrogen (secondary N) is 1. The van der Waals surface area contributed by atoms with Crippen molar-refractivity contribution in [2.75, 3.05) is 7.05 Å². The zero-order valence-electron chi connectivity index (χ0n) is 11.6. The summed E-state index contributed by atoms with van der Waals surface area (Å²) in [6.45, 7) is 5.37. The molecule has 0 bridgehead atoms. The first-order valence-electron chi connectivity index (χ1n) is 6.58. The molecule has 0 saturated heterocycles. The fourth-order valence-corrected chi connectivity index (χ4v) is 3.84. The minimum absolute atomic E-state index is 0.327. The van der Waals surface area contributed by atoms with Crippen molar-refractivity contribution in [1.29, 1.82) is 0 Å². The van der Waals surface area contributed by atoms with Gasteiger partial charge in [-0.15, -0.1) is 11.3 Å². The second-order valence-electron chi connectivity index (χ2n) is 4.69. The fraction of sp³-hybridized carbons (Fsp3) is 0.500. The molecule has 104 valence electrons. The number of likely N-dealkylation sites (N-methyl/N-ethyl adjacent to an activating group) is 1. The Morgan fingerprint density at radius 2 is 2.32 bits per heavy atom. The van der Waals surface area contributed by atoms with Crippen LogP contribution >= 0.6 is 27.3 Å². The zero-order chi connectivity index (χ0) is 13.8. The second kappa shape index (κ2) is 6.68. The lowest BCUT2D eigenvalue weighted by Crippen LogP contribution is -2.20. The lowest BCUT2D eigenvalue weighted by Gasteiger charge is -2.15. The standard InChI is InChI=1S/C14H20BrN3S/c1-4-6-18-7-5-17-13(18)9-11(16-3)12-8-10(2)14(15)19-12/h5,7-8,11,16H,4,6,9H2,1-3H3. The smallest absolute Gasteiger partial charge is 0.110 e. The molecular formula is C14H20BrN3S. The van der Waals surface area contributed by atoms with E-state index in [2.05, 4.69) is 56.9 Å². The summed E-state index contributed by atoms with van der Waals surface area (Å²) < 4.78 is 3.47. The molecule has 2 aromatic heterocycles. The van der Waals surface area contributed by atoms with Crippen LogP contribution in [0.2, 0.25) is 0 Å². The highest BCUT2D eigenvalue weighted by Crippen LogP contribution is 2.32. The molecule has 19 heavy (non-hydrogen) atoms. The van der Waals surface area contributed by atoms with E-state index in [4.69, 9.17) is 0 Å². The molecule has 2 heterocycles. The van der Waals surface area contributed by atoms with E-state index in [1.807, 2.05) is 13.2 Å². The molecular weight excluding hydrogens is 322 g/mol. The lowest BCUT2D eigenvalue weighted by atomic mass is 10.1. The third-order valence-electron chi connectivity index (χ3n) is 3.22. The average molecular weight is 342 g/mol. The van der Waals surface area contributed by atoms with E-state index in [0.717, 1.165) is 25.2 Å². The number of thiophene rings is 1. The van der Waals surface area contributed by atoms with Crippen LogP contribution in [0, 0.1) is 6.92 Å². The number of hydrogen-bond donors (Lipinski definition) is 1. The van der Waals surface area contributed by atoms with Gasteiger partial charge in [-0.2, -0.15) is 0 Å². The van der Waals surface area contributed by atoms with Gasteiger partial charge >= 0.3 is 0 Å². The summed E-state index contributed by atoms with van der Waals surface area (Å²) in [4.78, 5) is 5.85. The molecule has 0 aromatic carbocycles. The molecule has 0 aliphatic heterocycles. The van der Waals surface area contributed by atoms with Crippen LogP contribution in [0.1, 0.15) is 35.7 Å². The van der Waals surface area contributed by atoms with Gasteiger partial charge in [0.25, 0.3) is 0 Å². The quantitative estimate of drug-likeness (QED) is 0.862. The van der Waals surface area contributed by atoms with E-state index >= 15 is 0 Å². The van der Waals surface area contributed by atoms with E-state index in [0.29, 0.717) is 6.04 Å². The van der Waals surface area contributed by atoms with Gasteiger partial charge in [0.05, 0.1) is 3.79 Å². The second-order valence-corrected chi connectivity index (χ2v) is 7.09. The van der Waals surface area contributed by atoms with Crippen LogP contribution in [-0.4, -0.2) is 16.6 Å². The number of imidazole rings is 1. The highest BCUT2D eigenvalue weighted by molar-refractivity contribution is 9.11. The van der Waals surface area contributed by atoms with Gasteiger partial charge in [0.2, 0.25) is 0 Å². The molecule has 1 unspecified atom stereocenters. The normalized spacial score (nSPS) is 12.8. The minimum atomic E-state index is 0.327. The Hall–Kier alpha value is -0.650. The number of rotatable bonds is 6. The summed E-state index contributed by atoms with van der Waals surface area (Å²) in [6.07, 6.45) is 6.03. The largest absolute Gasteiger partial charge is 0.335 e. The number of nitrogens with zero attached hydrogens (tertiary/aromatic N) is 2. The first kappa shape index (κ1) is 14.8. The minimum Gasteiger partial charge on any atom is -0.335 e. The average Bonchev–Trinajstić information content (AvgIpc) is 2.95. The van der Waals surface area contributed by atoms with Crippen molar-refractivity contribution in [3.63, 3.8) is 0 Å². The summed E-state index contributed by atoms with van der Waals surface area (Å²) in [7, 11) is 2.01. The Morgan fingerprint density at radius 3 is 2.89 bits per heavy atom. The van der Waals surface area contributed by atoms with Crippen LogP contribution < -0.4 is 5.32 Å². The maximum Gasteiger partial charge on any atom is 0.110 e. The zero-order valence-corrected chi connectivity index (χ0v) is 14.0. The third kappa shape index (κ3) is 3.46. The number of aromatic nitrogens is 2. The Balaban J connectivity index is 2.16. The molecule has 2 rings (SSSR count). The fourth-order valence-electron chi connectivity index (χ4n) is 2.16. The molecule has 0 radical (unpaired) electrons. The lowest BCUT2D eigenvalue weighted by molar-refractivity contribution is 0.549. The number of halogens is 1. The van der Waals surface area contributed by atoms with Gasteiger partial charge in [0.15, 0.2) is 0 Å². The van der Waals surface area contributed by atoms with Gasteiger partial charge in [-0.3, -0.25) is 0 Å². The van der Waals surface area contributed by atoms with E-state index < -0.39 is 0 Å². The number of aryl methyl sites for hydroxylation is 2. The molecule has 0 fully saturated rings. The van der Waals surface area contributed by atoms with Crippen LogP contribution in [0.3, 0.4) is 0 Å². The van der Waals surface area contributed by atoms with Crippen molar-refractivity contribution < 1.29 is 0 Å². The van der Waals surface area contributed by atoms with E-state index in [9.17, 15) is 0 Å². The monoisotopic (exact) mass is 341 g/mol. The van der Waals surface area contributed by atoms with Gasteiger partial charge in [-0.05, 0) is 48.0 Å². The molecule has 2 aromatic rings. The van der Waals surface area contributed by atoms with Crippen molar-refractivity contribution in [1.82, 2.24) is 14.9 Å². The molecule has 1 atom stereocenters. The molecule has 1 N–H and O–H groups in total. The Bertz CT molecular complexity index is 513. The first-order valence-corrected chi connectivity index (χ1v) is 8.19. The predicted octanol–water partition coefficient (Wildman–Crippen LogP) is 3.93. The Morgan fingerprint density at radius 1 is 1.53 bits per heavy atom. The number of hydrogen-bond acceptors (Lipinski definition) is 3. The highest BCUT2D eigenvalue weighted by Gasteiger charge is 2.16. The Kier molecular flexibility index (Phi) is 5.19. The summed E-state index contributed by atoms with van der Waals surface area (Å²) in [5.41, 5.74) is 1.30. The summed E-state index contributed by atoms with van der Waals surface area (Å²) in [5.74, 6) is 1.16. The van der Waals surface area contributed by atoms with Crippen LogP contribution in [0.4, 0.5) is 0 Å². The highest BCUT2D eigenvalue weighted by atomic mass is 79.9. The molecule has 0 aliphatic carbocycles. The van der Waals surface area contributed by atoms with Crippen LogP contribution in [0.15, 0.2) is 22.2 Å². The van der Waals surface area contributed by atoms with E-state index in [-0.39, 0.29) is 0 Å². The summed E-state index contributed by atoms with van der Waals surface area (Å²) in [5, 5.41) is 3.40. The van der Waals surface area contributed by atoms with Gasteiger partial charge < -0.3 is 9.88 Å². The molecule has 0 amide bonds. The Labute approximate surface area is 127 Å². The van der Waals surface area contributed by atoms with Crippen molar-refractivity contribution in [2.45, 2.75) is 39.3 Å². The topological polar surface area (TPSA) is 29.9 Å². The molecule has 0 spiro atoms. The maximum absolute atomic E-state index is 4.49. The van der Waals surface area contributed by atoms with Crippen LogP contribution in [-0.2, 0) is 13.0 Å². The molecule has 3 nitrogen and oxygen atoms in total. The van der Waals surface area contributed by atoms with Gasteiger partial charge in [0.1, 0.15) is 5.82 Å². The van der Waals surface area contributed by atoms with E-state index in [1.165, 1.54) is 14.2 Å². The van der Waals surface area contributed by atoms with E-state index in [1.54, 1.807) is 11.3 Å². The SMILES string of the molecule is CCCn1ccnc1CC(NC)c1cc(C)c(Br)s1. The first-order chi connectivity index (χ1) is 9.15. The molecule has 5 heteroatoms. The summed E-state index contributed by atoms with van der Waals surface area (Å²) in [6, 6.07) is 2.58. The van der Waals surface area contributed by atoms with Gasteiger partial charge in [-0.25, -0.2) is 4.98 Å². The van der Waals surface area contributed by atoms with Crippen molar-refractivity contribution in [3.8, 4) is 0 Å².